The third kappa shape index (κ3) is 4.32. The van der Waals surface area contributed by atoms with Crippen molar-refractivity contribution in [1.29, 1.82) is 0 Å². The average Bonchev–Trinajstić information content (AvgIpc) is 3.09. The number of ether oxygens (including phenoxy) is 1. The lowest BCUT2D eigenvalue weighted by molar-refractivity contribution is 0.467. The number of hydrogen-bond acceptors (Lipinski definition) is 4. The van der Waals surface area contributed by atoms with Gasteiger partial charge in [0, 0.05) is 24.0 Å². The Bertz CT molecular complexity index is 1940. The Morgan fingerprint density at radius 2 is 1.20 bits per heavy atom. The maximum Gasteiger partial charge on any atom is 0.151 e. The number of aromatic nitrogens is 1. The quantitative estimate of drug-likeness (QED) is 0.190. The second-order valence-electron chi connectivity index (χ2n) is 12.7. The molecule has 8 rings (SSSR count). The van der Waals surface area contributed by atoms with Crippen LogP contribution in [0.2, 0.25) is 0 Å². The molecule has 0 amide bonds. The molecule has 0 bridgehead atoms. The summed E-state index contributed by atoms with van der Waals surface area (Å²) in [5, 5.41) is 0. The highest BCUT2D eigenvalue weighted by atomic mass is 16.5. The standard InChI is InChI=1S/C42H37N3O/c1-29(2)44-36-19-8-7-18-34(36)42(32-15-5-4-6-16-32,35-24-25-43-28-39(35)44)33-17-13-14-31(27-33)26-30(3)45-37-20-9-11-22-40(37)46-41-23-12-10-21-38(41)45/h4-25,27-30H,26H2,1-3H3. The zero-order chi connectivity index (χ0) is 31.3. The van der Waals surface area contributed by atoms with Crippen LogP contribution in [-0.4, -0.2) is 17.1 Å². The molecule has 46 heavy (non-hydrogen) atoms. The Morgan fingerprint density at radius 1 is 0.587 bits per heavy atom. The van der Waals surface area contributed by atoms with Crippen LogP contribution in [0.3, 0.4) is 0 Å². The Hall–Kier alpha value is -5.35. The highest BCUT2D eigenvalue weighted by Crippen LogP contribution is 2.56. The Balaban J connectivity index is 1.29. The van der Waals surface area contributed by atoms with E-state index in [1.165, 1.54) is 33.5 Å². The minimum Gasteiger partial charge on any atom is -0.453 e. The van der Waals surface area contributed by atoms with Gasteiger partial charge in [-0.25, -0.2) is 0 Å². The number of pyridine rings is 1. The van der Waals surface area contributed by atoms with Crippen molar-refractivity contribution in [1.82, 2.24) is 4.98 Å². The molecule has 0 fully saturated rings. The van der Waals surface area contributed by atoms with Gasteiger partial charge in [0.25, 0.3) is 0 Å². The fraction of sp³-hybridized carbons (Fsp3) is 0.167. The predicted octanol–water partition coefficient (Wildman–Crippen LogP) is 10.2. The summed E-state index contributed by atoms with van der Waals surface area (Å²) in [6.07, 6.45) is 4.86. The molecule has 4 heteroatoms. The fourth-order valence-electron chi connectivity index (χ4n) is 7.78. The van der Waals surface area contributed by atoms with E-state index >= 15 is 0 Å². The zero-order valence-electron chi connectivity index (χ0n) is 26.5. The van der Waals surface area contributed by atoms with Crippen LogP contribution in [0.4, 0.5) is 22.7 Å². The number of benzene rings is 5. The first-order chi connectivity index (χ1) is 22.6. The summed E-state index contributed by atoms with van der Waals surface area (Å²) < 4.78 is 6.31. The van der Waals surface area contributed by atoms with Gasteiger partial charge in [-0.2, -0.15) is 0 Å². The van der Waals surface area contributed by atoms with Crippen molar-refractivity contribution in [2.75, 3.05) is 9.80 Å². The van der Waals surface area contributed by atoms with Crippen LogP contribution < -0.4 is 14.5 Å². The van der Waals surface area contributed by atoms with Gasteiger partial charge in [0.2, 0.25) is 0 Å². The first kappa shape index (κ1) is 28.1. The summed E-state index contributed by atoms with van der Waals surface area (Å²) in [4.78, 5) is 9.52. The van der Waals surface area contributed by atoms with Gasteiger partial charge in [-0.15, -0.1) is 0 Å². The van der Waals surface area contributed by atoms with Crippen molar-refractivity contribution < 1.29 is 4.74 Å². The topological polar surface area (TPSA) is 28.6 Å². The molecule has 0 saturated carbocycles. The minimum atomic E-state index is -0.515. The van der Waals surface area contributed by atoms with E-state index in [-0.39, 0.29) is 12.1 Å². The zero-order valence-corrected chi connectivity index (χ0v) is 26.5. The number of para-hydroxylation sites is 5. The molecule has 5 aromatic carbocycles. The summed E-state index contributed by atoms with van der Waals surface area (Å²) >= 11 is 0. The van der Waals surface area contributed by atoms with Gasteiger partial charge >= 0.3 is 0 Å². The van der Waals surface area contributed by atoms with Crippen molar-refractivity contribution in [2.45, 2.75) is 44.7 Å². The summed E-state index contributed by atoms with van der Waals surface area (Å²) in [6, 6.07) is 48.5. The number of fused-ring (bicyclic) bond motifs is 4. The third-order valence-corrected chi connectivity index (χ3v) is 9.56. The van der Waals surface area contributed by atoms with Gasteiger partial charge in [-0.3, -0.25) is 4.98 Å². The van der Waals surface area contributed by atoms with E-state index in [9.17, 15) is 0 Å². The van der Waals surface area contributed by atoms with E-state index in [4.69, 9.17) is 4.74 Å². The van der Waals surface area contributed by atoms with Crippen LogP contribution in [0.5, 0.6) is 11.5 Å². The van der Waals surface area contributed by atoms with Crippen LogP contribution >= 0.6 is 0 Å². The smallest absolute Gasteiger partial charge is 0.151 e. The maximum atomic E-state index is 6.31. The van der Waals surface area contributed by atoms with Crippen LogP contribution in [-0.2, 0) is 11.8 Å². The summed E-state index contributed by atoms with van der Waals surface area (Å²) in [7, 11) is 0. The Labute approximate surface area is 271 Å². The van der Waals surface area contributed by atoms with Gasteiger partial charge in [0.05, 0.1) is 28.7 Å². The lowest BCUT2D eigenvalue weighted by atomic mass is 9.62. The van der Waals surface area contributed by atoms with Gasteiger partial charge in [-0.1, -0.05) is 97.1 Å². The van der Waals surface area contributed by atoms with E-state index in [0.717, 1.165) is 35.0 Å². The van der Waals surface area contributed by atoms with Crippen LogP contribution in [0.25, 0.3) is 0 Å². The molecule has 1 aromatic heterocycles. The van der Waals surface area contributed by atoms with Crippen LogP contribution in [0.15, 0.2) is 146 Å². The maximum absolute atomic E-state index is 6.31. The van der Waals surface area contributed by atoms with E-state index < -0.39 is 5.41 Å². The van der Waals surface area contributed by atoms with Crippen LogP contribution in [0, 0.1) is 0 Å². The molecule has 0 N–H and O–H groups in total. The molecule has 226 valence electrons. The monoisotopic (exact) mass is 599 g/mol. The average molecular weight is 600 g/mol. The summed E-state index contributed by atoms with van der Waals surface area (Å²) in [5.41, 5.74) is 10.4. The van der Waals surface area contributed by atoms with Crippen LogP contribution in [0.1, 0.15) is 48.6 Å². The molecule has 0 spiro atoms. The van der Waals surface area contributed by atoms with Crippen molar-refractivity contribution >= 4 is 22.7 Å². The molecule has 0 saturated heterocycles. The molecule has 0 aliphatic carbocycles. The number of rotatable bonds is 6. The van der Waals surface area contributed by atoms with E-state index in [0.29, 0.717) is 0 Å². The largest absolute Gasteiger partial charge is 0.453 e. The molecule has 3 heterocycles. The first-order valence-electron chi connectivity index (χ1n) is 16.2. The van der Waals surface area contributed by atoms with E-state index in [1.54, 1.807) is 0 Å². The molecule has 4 nitrogen and oxygen atoms in total. The fourth-order valence-corrected chi connectivity index (χ4v) is 7.78. The Kier molecular flexibility index (Phi) is 6.87. The second kappa shape index (κ2) is 11.2. The summed E-state index contributed by atoms with van der Waals surface area (Å²) in [6.45, 7) is 6.83. The number of hydrogen-bond donors (Lipinski definition) is 0. The van der Waals surface area contributed by atoms with Crippen molar-refractivity contribution in [3.8, 4) is 11.5 Å². The number of nitrogens with zero attached hydrogens (tertiary/aromatic N) is 3. The highest BCUT2D eigenvalue weighted by molar-refractivity contribution is 5.83. The molecule has 0 radical (unpaired) electrons. The SMILES string of the molecule is CC(C)N1c2ccccc2C(c2ccccc2)(c2cccc(CC(C)N3c4ccccc4Oc4ccccc43)c2)c2ccncc21. The van der Waals surface area contributed by atoms with Crippen molar-refractivity contribution in [3.63, 3.8) is 0 Å². The van der Waals surface area contributed by atoms with Gasteiger partial charge in [0.1, 0.15) is 0 Å². The molecule has 2 aliphatic heterocycles. The molecule has 2 unspecified atom stereocenters. The molecule has 2 aliphatic rings. The second-order valence-corrected chi connectivity index (χ2v) is 12.7. The van der Waals surface area contributed by atoms with Crippen molar-refractivity contribution in [2.24, 2.45) is 0 Å². The lowest BCUT2D eigenvalue weighted by Crippen LogP contribution is -2.41. The highest BCUT2D eigenvalue weighted by Gasteiger charge is 2.46. The lowest BCUT2D eigenvalue weighted by Gasteiger charge is -2.47. The molecule has 2 atom stereocenters. The predicted molar refractivity (Wildman–Crippen MR) is 188 cm³/mol. The molecular formula is C42H37N3O. The normalized spacial score (nSPS) is 17.0. The van der Waals surface area contributed by atoms with E-state index in [1.807, 2.05) is 24.5 Å². The Morgan fingerprint density at radius 3 is 1.91 bits per heavy atom. The van der Waals surface area contributed by atoms with Crippen molar-refractivity contribution in [3.05, 3.63) is 174 Å². The molecule has 6 aromatic rings. The first-order valence-corrected chi connectivity index (χ1v) is 16.2. The minimum absolute atomic E-state index is 0.181. The third-order valence-electron chi connectivity index (χ3n) is 9.56. The van der Waals surface area contributed by atoms with E-state index in [2.05, 4.69) is 157 Å². The number of anilines is 4. The molecular weight excluding hydrogens is 562 g/mol. The summed E-state index contributed by atoms with van der Waals surface area (Å²) in [5.74, 6) is 1.78. The van der Waals surface area contributed by atoms with Gasteiger partial charge in [0.15, 0.2) is 11.5 Å². The van der Waals surface area contributed by atoms with Gasteiger partial charge in [-0.05, 0) is 91.4 Å². The van der Waals surface area contributed by atoms with Gasteiger partial charge < -0.3 is 14.5 Å².